The Labute approximate surface area is 44.0 Å². The van der Waals surface area contributed by atoms with Crippen molar-refractivity contribution in [3.8, 4) is 0 Å². The second kappa shape index (κ2) is 3.85. The lowest BCUT2D eigenvalue weighted by Crippen LogP contribution is -1.71. The molecule has 0 bridgehead atoms. The maximum Gasteiger partial charge on any atom is 0.108 e. The molecular weight excluding hydrogens is 91.1 g/mol. The van der Waals surface area contributed by atoms with Crippen LogP contribution in [0.25, 0.3) is 0 Å². The third-order valence-electron chi connectivity index (χ3n) is 0.983. The van der Waals surface area contributed by atoms with Crippen LogP contribution in [-0.2, 0) is 0 Å². The van der Waals surface area contributed by atoms with Crippen molar-refractivity contribution in [2.75, 3.05) is 6.67 Å². The van der Waals surface area contributed by atoms with Crippen molar-refractivity contribution in [1.29, 1.82) is 0 Å². The van der Waals surface area contributed by atoms with Crippen LogP contribution in [0.4, 0.5) is 4.39 Å². The molecule has 0 saturated carbocycles. The standard InChI is InChI=1S/C6H11F/c1-3-6(2)4-5-7/h4H,3,5H2,1-2H3/b6-4+. The summed E-state index contributed by atoms with van der Waals surface area (Å²) in [5.41, 5.74) is 1.13. The van der Waals surface area contributed by atoms with Crippen molar-refractivity contribution >= 4 is 0 Å². The first kappa shape index (κ1) is 6.67. The molecule has 0 spiro atoms. The van der Waals surface area contributed by atoms with Gasteiger partial charge in [-0.05, 0) is 13.3 Å². The van der Waals surface area contributed by atoms with Gasteiger partial charge in [0.05, 0.1) is 0 Å². The van der Waals surface area contributed by atoms with Gasteiger partial charge in [-0.3, -0.25) is 0 Å². The van der Waals surface area contributed by atoms with E-state index in [1.165, 1.54) is 0 Å². The van der Waals surface area contributed by atoms with Crippen LogP contribution in [0.1, 0.15) is 20.3 Å². The molecular formula is C6H11F. The summed E-state index contributed by atoms with van der Waals surface area (Å²) < 4.78 is 11.4. The third-order valence-corrected chi connectivity index (χ3v) is 0.983. The number of hydrogen-bond donors (Lipinski definition) is 0. The maximum absolute atomic E-state index is 11.4. The summed E-state index contributed by atoms with van der Waals surface area (Å²) in [6.07, 6.45) is 2.56. The van der Waals surface area contributed by atoms with Gasteiger partial charge in [-0.15, -0.1) is 0 Å². The van der Waals surface area contributed by atoms with E-state index in [1.807, 2.05) is 13.8 Å². The predicted octanol–water partition coefficient (Wildman–Crippen LogP) is 2.31. The highest BCUT2D eigenvalue weighted by Crippen LogP contribution is 1.95. The monoisotopic (exact) mass is 102 g/mol. The number of hydrogen-bond acceptors (Lipinski definition) is 0. The van der Waals surface area contributed by atoms with Gasteiger partial charge in [0.15, 0.2) is 0 Å². The molecule has 7 heavy (non-hydrogen) atoms. The molecule has 0 atom stereocenters. The molecule has 0 heterocycles. The van der Waals surface area contributed by atoms with Gasteiger partial charge in [0, 0.05) is 0 Å². The zero-order valence-corrected chi connectivity index (χ0v) is 4.87. The molecule has 0 saturated heterocycles. The number of halogens is 1. The Morgan fingerprint density at radius 1 is 1.71 bits per heavy atom. The van der Waals surface area contributed by atoms with Crippen LogP contribution in [0.2, 0.25) is 0 Å². The van der Waals surface area contributed by atoms with Crippen LogP contribution < -0.4 is 0 Å². The van der Waals surface area contributed by atoms with E-state index in [9.17, 15) is 4.39 Å². The van der Waals surface area contributed by atoms with Crippen molar-refractivity contribution < 1.29 is 4.39 Å². The molecule has 0 unspecified atom stereocenters. The molecule has 0 aromatic carbocycles. The van der Waals surface area contributed by atoms with E-state index in [0.717, 1.165) is 12.0 Å². The Balaban J connectivity index is 3.29. The second-order valence-electron chi connectivity index (χ2n) is 1.56. The summed E-state index contributed by atoms with van der Waals surface area (Å²) in [6, 6.07) is 0. The van der Waals surface area contributed by atoms with Gasteiger partial charge in [0.1, 0.15) is 6.67 Å². The van der Waals surface area contributed by atoms with Gasteiger partial charge in [0.25, 0.3) is 0 Å². The van der Waals surface area contributed by atoms with E-state index >= 15 is 0 Å². The van der Waals surface area contributed by atoms with Crippen molar-refractivity contribution in [2.45, 2.75) is 20.3 Å². The van der Waals surface area contributed by atoms with Gasteiger partial charge in [-0.1, -0.05) is 18.6 Å². The van der Waals surface area contributed by atoms with Gasteiger partial charge < -0.3 is 0 Å². The molecule has 0 aliphatic carbocycles. The largest absolute Gasteiger partial charge is 0.247 e. The topological polar surface area (TPSA) is 0 Å². The fraction of sp³-hybridized carbons (Fsp3) is 0.667. The lowest BCUT2D eigenvalue weighted by molar-refractivity contribution is 0.559. The van der Waals surface area contributed by atoms with Crippen LogP contribution in [0, 0.1) is 0 Å². The lowest BCUT2D eigenvalue weighted by Gasteiger charge is -1.87. The Kier molecular flexibility index (Phi) is 3.67. The quantitative estimate of drug-likeness (QED) is 0.469. The number of rotatable bonds is 2. The molecule has 42 valence electrons. The lowest BCUT2D eigenvalue weighted by atomic mass is 10.2. The molecule has 0 rings (SSSR count). The molecule has 0 radical (unpaired) electrons. The maximum atomic E-state index is 11.4. The van der Waals surface area contributed by atoms with E-state index in [4.69, 9.17) is 0 Å². The van der Waals surface area contributed by atoms with E-state index in [2.05, 4.69) is 0 Å². The summed E-state index contributed by atoms with van der Waals surface area (Å²) in [7, 11) is 0. The SMILES string of the molecule is CC/C(C)=C/CF. The normalized spacial score (nSPS) is 12.1. The number of allylic oxidation sites excluding steroid dienone is 2. The molecule has 0 nitrogen and oxygen atoms in total. The Morgan fingerprint density at radius 2 is 2.29 bits per heavy atom. The van der Waals surface area contributed by atoms with Crippen LogP contribution in [-0.4, -0.2) is 6.67 Å². The van der Waals surface area contributed by atoms with Gasteiger partial charge in [-0.25, -0.2) is 4.39 Å². The molecule has 0 amide bonds. The Morgan fingerprint density at radius 3 is 2.43 bits per heavy atom. The average Bonchev–Trinajstić information content (AvgIpc) is 1.68. The Bertz CT molecular complexity index is 64.6. The molecule has 0 aromatic rings. The molecule has 0 aliphatic heterocycles. The minimum absolute atomic E-state index is 0.320. The zero-order chi connectivity index (χ0) is 5.70. The van der Waals surface area contributed by atoms with E-state index in [-0.39, 0.29) is 6.67 Å². The minimum atomic E-state index is -0.320. The van der Waals surface area contributed by atoms with Crippen LogP contribution in [0.5, 0.6) is 0 Å². The van der Waals surface area contributed by atoms with Crippen molar-refractivity contribution in [1.82, 2.24) is 0 Å². The van der Waals surface area contributed by atoms with Gasteiger partial charge >= 0.3 is 0 Å². The fourth-order valence-corrected chi connectivity index (χ4v) is 0.276. The summed E-state index contributed by atoms with van der Waals surface area (Å²) >= 11 is 0. The fourth-order valence-electron chi connectivity index (χ4n) is 0.276. The predicted molar refractivity (Wildman–Crippen MR) is 30.0 cm³/mol. The van der Waals surface area contributed by atoms with Crippen molar-refractivity contribution in [3.63, 3.8) is 0 Å². The molecule has 0 aromatic heterocycles. The van der Waals surface area contributed by atoms with E-state index < -0.39 is 0 Å². The summed E-state index contributed by atoms with van der Waals surface area (Å²) in [5, 5.41) is 0. The first-order chi connectivity index (χ1) is 3.31. The van der Waals surface area contributed by atoms with Crippen LogP contribution >= 0.6 is 0 Å². The molecule has 0 fully saturated rings. The number of alkyl halides is 1. The zero-order valence-electron chi connectivity index (χ0n) is 4.87. The van der Waals surface area contributed by atoms with Crippen molar-refractivity contribution in [3.05, 3.63) is 11.6 Å². The second-order valence-corrected chi connectivity index (χ2v) is 1.56. The Hall–Kier alpha value is -0.330. The molecule has 0 N–H and O–H groups in total. The molecule has 1 heteroatoms. The summed E-state index contributed by atoms with van der Waals surface area (Å²) in [5.74, 6) is 0. The smallest absolute Gasteiger partial charge is 0.108 e. The highest BCUT2D eigenvalue weighted by molar-refractivity contribution is 4.95. The van der Waals surface area contributed by atoms with E-state index in [1.54, 1.807) is 6.08 Å². The average molecular weight is 102 g/mol. The highest BCUT2D eigenvalue weighted by atomic mass is 19.1. The van der Waals surface area contributed by atoms with Crippen molar-refractivity contribution in [2.24, 2.45) is 0 Å². The first-order valence-corrected chi connectivity index (χ1v) is 2.52. The van der Waals surface area contributed by atoms with Crippen LogP contribution in [0.15, 0.2) is 11.6 Å². The summed E-state index contributed by atoms with van der Waals surface area (Å²) in [6.45, 7) is 3.63. The van der Waals surface area contributed by atoms with E-state index in [0.29, 0.717) is 0 Å². The van der Waals surface area contributed by atoms with Gasteiger partial charge in [0.2, 0.25) is 0 Å². The van der Waals surface area contributed by atoms with Crippen LogP contribution in [0.3, 0.4) is 0 Å². The summed E-state index contributed by atoms with van der Waals surface area (Å²) in [4.78, 5) is 0. The molecule has 0 aliphatic rings. The first-order valence-electron chi connectivity index (χ1n) is 2.52. The van der Waals surface area contributed by atoms with Gasteiger partial charge in [-0.2, -0.15) is 0 Å². The highest BCUT2D eigenvalue weighted by Gasteiger charge is 1.78. The minimum Gasteiger partial charge on any atom is -0.247 e. The third kappa shape index (κ3) is 3.50.